The standard InChI is InChI=1S/C12H12.C2H6.HI/c1-9-3-5-11-6-4-10(2)8-12(11)7-9;1-2;/h3-8H,1-2H3;1-2H3;1H. The number of benzene rings is 2. The zero-order chi connectivity index (χ0) is 10.6. The first kappa shape index (κ1) is 14.4. The summed E-state index contributed by atoms with van der Waals surface area (Å²) in [6, 6.07) is 13.1. The summed E-state index contributed by atoms with van der Waals surface area (Å²) in [4.78, 5) is 0. The quantitative estimate of drug-likeness (QED) is 0.593. The minimum atomic E-state index is 0. The van der Waals surface area contributed by atoms with Crippen LogP contribution in [0.4, 0.5) is 0 Å². The SMILES string of the molecule is CC.Cc1ccc2ccc(C)cc2c1.I. The van der Waals surface area contributed by atoms with Gasteiger partial charge in [-0.05, 0) is 24.6 Å². The molecule has 0 saturated heterocycles. The van der Waals surface area contributed by atoms with Crippen LogP contribution >= 0.6 is 24.0 Å². The van der Waals surface area contributed by atoms with Crippen LogP contribution in [-0.4, -0.2) is 0 Å². The molecule has 0 aliphatic carbocycles. The van der Waals surface area contributed by atoms with Crippen molar-refractivity contribution in [3.8, 4) is 0 Å². The number of aryl methyl sites for hydroxylation is 2. The molecule has 0 bridgehead atoms. The fraction of sp³-hybridized carbons (Fsp3) is 0.286. The van der Waals surface area contributed by atoms with E-state index < -0.39 is 0 Å². The average molecular weight is 314 g/mol. The van der Waals surface area contributed by atoms with E-state index in [1.807, 2.05) is 13.8 Å². The molecule has 0 aliphatic rings. The summed E-state index contributed by atoms with van der Waals surface area (Å²) in [5, 5.41) is 2.67. The maximum Gasteiger partial charge on any atom is -0.0179 e. The third kappa shape index (κ3) is 3.82. The van der Waals surface area contributed by atoms with Crippen molar-refractivity contribution in [1.82, 2.24) is 0 Å². The molecule has 2 aromatic carbocycles. The van der Waals surface area contributed by atoms with Crippen molar-refractivity contribution in [2.75, 3.05) is 0 Å². The molecule has 82 valence electrons. The number of rotatable bonds is 0. The van der Waals surface area contributed by atoms with Crippen molar-refractivity contribution in [3.05, 3.63) is 47.5 Å². The smallest absolute Gasteiger partial charge is 0.0179 e. The predicted molar refractivity (Wildman–Crippen MR) is 80.2 cm³/mol. The van der Waals surface area contributed by atoms with E-state index in [0.717, 1.165) is 0 Å². The second kappa shape index (κ2) is 6.83. The van der Waals surface area contributed by atoms with Crippen molar-refractivity contribution in [2.45, 2.75) is 27.7 Å². The normalized spacial score (nSPS) is 8.80. The summed E-state index contributed by atoms with van der Waals surface area (Å²) in [6.45, 7) is 8.25. The van der Waals surface area contributed by atoms with Crippen molar-refractivity contribution >= 4 is 34.7 Å². The van der Waals surface area contributed by atoms with Crippen LogP contribution in [0.2, 0.25) is 0 Å². The Morgan fingerprint density at radius 1 is 0.667 bits per heavy atom. The Labute approximate surface area is 110 Å². The third-order valence-electron chi connectivity index (χ3n) is 2.15. The largest absolute Gasteiger partial charge is 0.107 e. The Hall–Kier alpha value is -0.570. The first-order chi connectivity index (χ1) is 6.75. The van der Waals surface area contributed by atoms with Gasteiger partial charge in [0, 0.05) is 0 Å². The van der Waals surface area contributed by atoms with Gasteiger partial charge >= 0.3 is 0 Å². The van der Waals surface area contributed by atoms with Crippen LogP contribution in [0.3, 0.4) is 0 Å². The average Bonchev–Trinajstić information content (AvgIpc) is 2.20. The van der Waals surface area contributed by atoms with Gasteiger partial charge in [-0.2, -0.15) is 0 Å². The molecule has 0 spiro atoms. The van der Waals surface area contributed by atoms with Gasteiger partial charge in [0.15, 0.2) is 0 Å². The number of hydrogen-bond donors (Lipinski definition) is 0. The molecule has 0 fully saturated rings. The van der Waals surface area contributed by atoms with Gasteiger partial charge in [-0.25, -0.2) is 0 Å². The first-order valence-corrected chi connectivity index (χ1v) is 5.23. The van der Waals surface area contributed by atoms with E-state index in [2.05, 4.69) is 50.2 Å². The van der Waals surface area contributed by atoms with Gasteiger partial charge in [-0.15, -0.1) is 24.0 Å². The highest BCUT2D eigenvalue weighted by molar-refractivity contribution is 14.0. The molecule has 0 aliphatic heterocycles. The molecule has 0 heterocycles. The van der Waals surface area contributed by atoms with Gasteiger partial charge in [-0.1, -0.05) is 61.4 Å². The number of hydrogen-bond acceptors (Lipinski definition) is 0. The fourth-order valence-corrected chi connectivity index (χ4v) is 1.49. The van der Waals surface area contributed by atoms with Gasteiger partial charge in [0.1, 0.15) is 0 Å². The summed E-state index contributed by atoms with van der Waals surface area (Å²) in [5.41, 5.74) is 2.65. The fourth-order valence-electron chi connectivity index (χ4n) is 1.49. The molecular weight excluding hydrogens is 295 g/mol. The number of fused-ring (bicyclic) bond motifs is 1. The zero-order valence-corrected chi connectivity index (χ0v) is 12.2. The lowest BCUT2D eigenvalue weighted by Gasteiger charge is -1.99. The molecule has 0 atom stereocenters. The highest BCUT2D eigenvalue weighted by Crippen LogP contribution is 2.16. The van der Waals surface area contributed by atoms with Crippen LogP contribution in [-0.2, 0) is 0 Å². The molecular formula is C14H19I. The lowest BCUT2D eigenvalue weighted by molar-refractivity contribution is 1.47. The zero-order valence-electron chi connectivity index (χ0n) is 9.87. The van der Waals surface area contributed by atoms with Gasteiger partial charge in [-0.3, -0.25) is 0 Å². The predicted octanol–water partition coefficient (Wildman–Crippen LogP) is 5.10. The van der Waals surface area contributed by atoms with Crippen molar-refractivity contribution in [2.24, 2.45) is 0 Å². The third-order valence-corrected chi connectivity index (χ3v) is 2.15. The first-order valence-electron chi connectivity index (χ1n) is 5.23. The molecule has 15 heavy (non-hydrogen) atoms. The molecule has 2 aromatic rings. The Bertz CT molecular complexity index is 382. The molecule has 1 heteroatoms. The molecule has 0 amide bonds. The van der Waals surface area contributed by atoms with E-state index >= 15 is 0 Å². The summed E-state index contributed by atoms with van der Waals surface area (Å²) < 4.78 is 0. The Morgan fingerprint density at radius 2 is 1.07 bits per heavy atom. The van der Waals surface area contributed by atoms with E-state index in [0.29, 0.717) is 0 Å². The number of halogens is 1. The van der Waals surface area contributed by atoms with E-state index in [4.69, 9.17) is 0 Å². The van der Waals surface area contributed by atoms with E-state index in [1.54, 1.807) is 0 Å². The Kier molecular flexibility index (Phi) is 6.57. The van der Waals surface area contributed by atoms with Gasteiger partial charge in [0.05, 0.1) is 0 Å². The molecule has 0 nitrogen and oxygen atoms in total. The molecule has 0 saturated carbocycles. The molecule has 0 aromatic heterocycles. The summed E-state index contributed by atoms with van der Waals surface area (Å²) in [6.07, 6.45) is 0. The highest BCUT2D eigenvalue weighted by Gasteiger charge is 1.92. The van der Waals surface area contributed by atoms with Crippen molar-refractivity contribution in [1.29, 1.82) is 0 Å². The van der Waals surface area contributed by atoms with Crippen molar-refractivity contribution < 1.29 is 0 Å². The highest BCUT2D eigenvalue weighted by atomic mass is 127. The van der Waals surface area contributed by atoms with Crippen LogP contribution in [0, 0.1) is 13.8 Å². The second-order valence-corrected chi connectivity index (χ2v) is 3.35. The maximum atomic E-state index is 2.22. The Morgan fingerprint density at radius 3 is 1.47 bits per heavy atom. The second-order valence-electron chi connectivity index (χ2n) is 3.35. The van der Waals surface area contributed by atoms with Crippen LogP contribution in [0.25, 0.3) is 10.8 Å². The van der Waals surface area contributed by atoms with Gasteiger partial charge in [0.25, 0.3) is 0 Å². The monoisotopic (exact) mass is 314 g/mol. The van der Waals surface area contributed by atoms with Crippen LogP contribution < -0.4 is 0 Å². The summed E-state index contributed by atoms with van der Waals surface area (Å²) >= 11 is 0. The molecule has 0 radical (unpaired) electrons. The maximum absolute atomic E-state index is 2.22. The van der Waals surface area contributed by atoms with Crippen LogP contribution in [0.5, 0.6) is 0 Å². The minimum absolute atomic E-state index is 0. The van der Waals surface area contributed by atoms with Crippen LogP contribution in [0.1, 0.15) is 25.0 Å². The van der Waals surface area contributed by atoms with Crippen molar-refractivity contribution in [3.63, 3.8) is 0 Å². The minimum Gasteiger partial charge on any atom is -0.107 e. The van der Waals surface area contributed by atoms with Crippen LogP contribution in [0.15, 0.2) is 36.4 Å². The molecule has 0 N–H and O–H groups in total. The topological polar surface area (TPSA) is 0 Å². The van der Waals surface area contributed by atoms with E-state index in [-0.39, 0.29) is 24.0 Å². The van der Waals surface area contributed by atoms with E-state index in [9.17, 15) is 0 Å². The Balaban J connectivity index is 0.000000617. The molecule has 0 unspecified atom stereocenters. The lowest BCUT2D eigenvalue weighted by Crippen LogP contribution is -1.76. The van der Waals surface area contributed by atoms with Gasteiger partial charge in [0.2, 0.25) is 0 Å². The van der Waals surface area contributed by atoms with E-state index in [1.165, 1.54) is 21.9 Å². The molecule has 2 rings (SSSR count). The lowest BCUT2D eigenvalue weighted by atomic mass is 10.1. The van der Waals surface area contributed by atoms with Gasteiger partial charge < -0.3 is 0 Å². The summed E-state index contributed by atoms with van der Waals surface area (Å²) in [5.74, 6) is 0. The summed E-state index contributed by atoms with van der Waals surface area (Å²) in [7, 11) is 0.